The molecule has 1 rings (SSSR count). The van der Waals surface area contributed by atoms with Crippen LogP contribution in [-0.2, 0) is 0 Å². The van der Waals surface area contributed by atoms with E-state index in [0.717, 1.165) is 6.42 Å². The molecule has 0 spiro atoms. The van der Waals surface area contributed by atoms with E-state index in [1.165, 1.54) is 44.9 Å². The van der Waals surface area contributed by atoms with Crippen molar-refractivity contribution in [2.24, 2.45) is 0 Å². The van der Waals surface area contributed by atoms with Gasteiger partial charge < -0.3 is 0 Å². The van der Waals surface area contributed by atoms with Gasteiger partial charge in [-0.25, -0.2) is 0 Å². The molecule has 1 radical (unpaired) electrons. The molecule has 0 saturated heterocycles. The van der Waals surface area contributed by atoms with Gasteiger partial charge in [-0.2, -0.15) is 0 Å². The minimum atomic E-state index is 1.01. The third-order valence-electron chi connectivity index (χ3n) is 2.27. The van der Waals surface area contributed by atoms with Gasteiger partial charge in [-0.1, -0.05) is 37.5 Å². The van der Waals surface area contributed by atoms with Gasteiger partial charge in [0, 0.05) is 0 Å². The third kappa shape index (κ3) is 5.17. The summed E-state index contributed by atoms with van der Waals surface area (Å²) < 4.78 is 0. The first-order valence-electron chi connectivity index (χ1n) is 5.20. The molecule has 0 heterocycles. The van der Waals surface area contributed by atoms with Crippen LogP contribution in [0.1, 0.15) is 51.4 Å². The fourth-order valence-corrected chi connectivity index (χ4v) is 1.49. The van der Waals surface area contributed by atoms with E-state index >= 15 is 0 Å². The van der Waals surface area contributed by atoms with Crippen LogP contribution in [0.5, 0.6) is 0 Å². The van der Waals surface area contributed by atoms with Crippen molar-refractivity contribution in [1.82, 2.24) is 0 Å². The zero-order valence-electron chi connectivity index (χ0n) is 7.89. The Morgan fingerprint density at radius 1 is 0.750 bits per heavy atom. The highest BCUT2D eigenvalue weighted by Crippen LogP contribution is 2.09. The Bertz CT molecular complexity index is 126. The van der Waals surface area contributed by atoms with Gasteiger partial charge >= 0.3 is 0 Å². The Morgan fingerprint density at radius 3 is 2.42 bits per heavy atom. The molecule has 12 heavy (non-hydrogen) atoms. The SMILES string of the molecule is [C]1=CCCCCCCCC=CC1. The van der Waals surface area contributed by atoms with Crippen molar-refractivity contribution in [1.29, 1.82) is 0 Å². The summed E-state index contributed by atoms with van der Waals surface area (Å²) in [5.41, 5.74) is 0. The molecule has 0 saturated carbocycles. The highest BCUT2D eigenvalue weighted by atomic mass is 14.0. The maximum absolute atomic E-state index is 3.29. The quantitative estimate of drug-likeness (QED) is 0.473. The molecule has 0 aromatic rings. The molecule has 0 atom stereocenters. The monoisotopic (exact) mass is 163 g/mol. The maximum atomic E-state index is 3.29. The van der Waals surface area contributed by atoms with Crippen LogP contribution in [0.15, 0.2) is 18.2 Å². The molecule has 1 aliphatic carbocycles. The normalized spacial score (nSPS) is 21.3. The molecule has 0 nitrogen and oxygen atoms in total. The van der Waals surface area contributed by atoms with Gasteiger partial charge in [0.15, 0.2) is 0 Å². The minimum Gasteiger partial charge on any atom is -0.0882 e. The van der Waals surface area contributed by atoms with Gasteiger partial charge in [-0.15, -0.1) is 0 Å². The lowest BCUT2D eigenvalue weighted by Crippen LogP contribution is -1.79. The first-order chi connectivity index (χ1) is 6.00. The summed E-state index contributed by atoms with van der Waals surface area (Å²) in [6.07, 6.45) is 20.5. The highest BCUT2D eigenvalue weighted by molar-refractivity contribution is 4.88. The standard InChI is InChI=1S/C12H19/c1-2-4-6-8-10-12-11-9-7-5-3-1/h1-2,8H,3-5,7,9-12H2. The molecule has 1 aliphatic rings. The minimum absolute atomic E-state index is 1.01. The van der Waals surface area contributed by atoms with Crippen molar-refractivity contribution in [2.45, 2.75) is 51.4 Å². The Kier molecular flexibility index (Phi) is 5.70. The van der Waals surface area contributed by atoms with E-state index in [4.69, 9.17) is 0 Å². The Morgan fingerprint density at radius 2 is 1.50 bits per heavy atom. The fraction of sp³-hybridized carbons (Fsp3) is 0.667. The van der Waals surface area contributed by atoms with Crippen molar-refractivity contribution < 1.29 is 0 Å². The van der Waals surface area contributed by atoms with Gasteiger partial charge in [0.1, 0.15) is 0 Å². The van der Waals surface area contributed by atoms with Crippen LogP contribution in [-0.4, -0.2) is 0 Å². The molecule has 0 unspecified atom stereocenters. The summed E-state index contributed by atoms with van der Waals surface area (Å²) in [6.45, 7) is 0. The second kappa shape index (κ2) is 7.15. The van der Waals surface area contributed by atoms with Gasteiger partial charge in [0.25, 0.3) is 0 Å². The van der Waals surface area contributed by atoms with Crippen LogP contribution in [0, 0.1) is 6.08 Å². The lowest BCUT2D eigenvalue weighted by Gasteiger charge is -1.99. The molecule has 0 aliphatic heterocycles. The second-order valence-corrected chi connectivity index (χ2v) is 3.43. The molecule has 0 aromatic heterocycles. The Hall–Kier alpha value is -0.520. The fourth-order valence-electron chi connectivity index (χ4n) is 1.49. The van der Waals surface area contributed by atoms with Crippen molar-refractivity contribution in [3.8, 4) is 0 Å². The lowest BCUT2D eigenvalue weighted by atomic mass is 10.1. The molecule has 0 fully saturated rings. The zero-order chi connectivity index (χ0) is 8.49. The number of hydrogen-bond acceptors (Lipinski definition) is 0. The van der Waals surface area contributed by atoms with Crippen molar-refractivity contribution in [3.63, 3.8) is 0 Å². The third-order valence-corrected chi connectivity index (χ3v) is 2.27. The summed E-state index contributed by atoms with van der Waals surface area (Å²) in [5, 5.41) is 0. The van der Waals surface area contributed by atoms with Crippen LogP contribution >= 0.6 is 0 Å². The van der Waals surface area contributed by atoms with Crippen LogP contribution < -0.4 is 0 Å². The highest BCUT2D eigenvalue weighted by Gasteiger charge is 1.89. The first-order valence-corrected chi connectivity index (χ1v) is 5.20. The smallest absolute Gasteiger partial charge is 0.00979 e. The predicted molar refractivity (Wildman–Crippen MR) is 53.9 cm³/mol. The predicted octanol–water partition coefficient (Wildman–Crippen LogP) is 4.04. The molecular weight excluding hydrogens is 144 g/mol. The van der Waals surface area contributed by atoms with E-state index in [1.54, 1.807) is 0 Å². The average Bonchev–Trinajstić information content (AvgIpc) is 2.05. The molecule has 67 valence electrons. The summed E-state index contributed by atoms with van der Waals surface area (Å²) in [4.78, 5) is 0. The van der Waals surface area contributed by atoms with Gasteiger partial charge in [0.05, 0.1) is 0 Å². The largest absolute Gasteiger partial charge is 0.0882 e. The summed E-state index contributed by atoms with van der Waals surface area (Å²) in [5.74, 6) is 0. The molecular formula is C12H19. The van der Waals surface area contributed by atoms with E-state index in [0.29, 0.717) is 0 Å². The van der Waals surface area contributed by atoms with Crippen LogP contribution in [0.3, 0.4) is 0 Å². The second-order valence-electron chi connectivity index (χ2n) is 3.43. The van der Waals surface area contributed by atoms with Crippen molar-refractivity contribution >= 4 is 0 Å². The number of hydrogen-bond donors (Lipinski definition) is 0. The van der Waals surface area contributed by atoms with E-state index in [-0.39, 0.29) is 0 Å². The summed E-state index contributed by atoms with van der Waals surface area (Å²) in [6, 6.07) is 0. The van der Waals surface area contributed by atoms with Gasteiger partial charge in [0.2, 0.25) is 0 Å². The maximum Gasteiger partial charge on any atom is -0.00979 e. The van der Waals surface area contributed by atoms with Crippen LogP contribution in [0.2, 0.25) is 0 Å². The van der Waals surface area contributed by atoms with Gasteiger partial charge in [-0.05, 0) is 38.2 Å². The molecule has 0 heteroatoms. The number of allylic oxidation sites excluding steroid dienone is 4. The number of rotatable bonds is 0. The molecule has 0 bridgehead atoms. The Balaban J connectivity index is 2.20. The first kappa shape index (κ1) is 9.57. The van der Waals surface area contributed by atoms with E-state index in [1.807, 2.05) is 0 Å². The van der Waals surface area contributed by atoms with Crippen LogP contribution in [0.25, 0.3) is 0 Å². The van der Waals surface area contributed by atoms with Crippen LogP contribution in [0.4, 0.5) is 0 Å². The zero-order valence-corrected chi connectivity index (χ0v) is 7.89. The summed E-state index contributed by atoms with van der Waals surface area (Å²) >= 11 is 0. The molecule has 0 amide bonds. The van der Waals surface area contributed by atoms with E-state index < -0.39 is 0 Å². The van der Waals surface area contributed by atoms with E-state index in [9.17, 15) is 0 Å². The van der Waals surface area contributed by atoms with Crippen molar-refractivity contribution in [3.05, 3.63) is 24.3 Å². The molecule has 0 N–H and O–H groups in total. The van der Waals surface area contributed by atoms with E-state index in [2.05, 4.69) is 24.3 Å². The average molecular weight is 163 g/mol. The topological polar surface area (TPSA) is 0 Å². The molecule has 0 aromatic carbocycles. The lowest BCUT2D eigenvalue weighted by molar-refractivity contribution is 0.620. The van der Waals surface area contributed by atoms with Gasteiger partial charge in [-0.3, -0.25) is 0 Å². The Labute approximate surface area is 76.4 Å². The summed E-state index contributed by atoms with van der Waals surface area (Å²) in [7, 11) is 0. The van der Waals surface area contributed by atoms with Crippen molar-refractivity contribution in [2.75, 3.05) is 0 Å².